The van der Waals surface area contributed by atoms with Crippen LogP contribution in [0.5, 0.6) is 0 Å². The van der Waals surface area contributed by atoms with Crippen molar-refractivity contribution in [2.75, 3.05) is 19.6 Å². The molecule has 2 saturated heterocycles. The average molecular weight is 324 g/mol. The van der Waals surface area contributed by atoms with E-state index < -0.39 is 0 Å². The van der Waals surface area contributed by atoms with Crippen molar-refractivity contribution in [2.45, 2.75) is 25.9 Å². The first-order valence-electron chi connectivity index (χ1n) is 7.56. The molecule has 2 heterocycles. The Labute approximate surface area is 136 Å². The zero-order valence-corrected chi connectivity index (χ0v) is 13.3. The molecule has 5 nitrogen and oxygen atoms in total. The molecule has 2 amide bonds. The van der Waals surface area contributed by atoms with Crippen LogP contribution in [0.1, 0.15) is 24.0 Å². The number of amides is 2. The van der Waals surface area contributed by atoms with Gasteiger partial charge in [-0.1, -0.05) is 24.3 Å². The lowest BCUT2D eigenvalue weighted by molar-refractivity contribution is -0.128. The summed E-state index contributed by atoms with van der Waals surface area (Å²) in [5.41, 5.74) is 2.21. The Hall–Kier alpha value is -1.59. The number of halogens is 1. The van der Waals surface area contributed by atoms with Gasteiger partial charge in [-0.25, -0.2) is 0 Å². The van der Waals surface area contributed by atoms with E-state index >= 15 is 0 Å². The highest BCUT2D eigenvalue weighted by Gasteiger charge is 2.24. The van der Waals surface area contributed by atoms with Crippen LogP contribution in [0.25, 0.3) is 0 Å². The summed E-state index contributed by atoms with van der Waals surface area (Å²) in [5, 5.41) is 6.07. The van der Waals surface area contributed by atoms with E-state index in [2.05, 4.69) is 16.7 Å². The van der Waals surface area contributed by atoms with Gasteiger partial charge in [-0.2, -0.15) is 0 Å². The maximum Gasteiger partial charge on any atom is 0.225 e. The van der Waals surface area contributed by atoms with Gasteiger partial charge in [0.1, 0.15) is 0 Å². The second-order valence-corrected chi connectivity index (χ2v) is 5.81. The third-order valence-electron chi connectivity index (χ3n) is 4.16. The van der Waals surface area contributed by atoms with Crippen LogP contribution in [0.15, 0.2) is 24.3 Å². The zero-order valence-electron chi connectivity index (χ0n) is 12.5. The van der Waals surface area contributed by atoms with E-state index in [-0.39, 0.29) is 30.1 Å². The first kappa shape index (κ1) is 16.8. The fourth-order valence-corrected chi connectivity index (χ4v) is 2.74. The van der Waals surface area contributed by atoms with Crippen molar-refractivity contribution in [3.63, 3.8) is 0 Å². The number of likely N-dealkylation sites (tertiary alicyclic amines) is 1. The standard InChI is InChI=1S/C16H21N3O2.ClH/c20-15-5-2-6-19(15)11-13-4-1-3-12(7-13)8-18-16(21)14-9-17-10-14;/h1,3-4,7,14,17H,2,5-6,8-11H2,(H,18,21);1H. The molecule has 2 fully saturated rings. The number of hydrogen-bond acceptors (Lipinski definition) is 3. The van der Waals surface area contributed by atoms with E-state index in [1.165, 1.54) is 0 Å². The molecule has 6 heteroatoms. The van der Waals surface area contributed by atoms with Gasteiger partial charge in [0.15, 0.2) is 0 Å². The fraction of sp³-hybridized carbons (Fsp3) is 0.500. The quantitative estimate of drug-likeness (QED) is 0.852. The zero-order chi connectivity index (χ0) is 14.7. The predicted molar refractivity (Wildman–Crippen MR) is 86.5 cm³/mol. The number of carbonyl (C=O) groups excluding carboxylic acids is 2. The molecule has 1 aromatic carbocycles. The molecule has 3 rings (SSSR count). The van der Waals surface area contributed by atoms with Gasteiger partial charge in [0.2, 0.25) is 11.8 Å². The van der Waals surface area contributed by atoms with Gasteiger partial charge in [0.25, 0.3) is 0 Å². The lowest BCUT2D eigenvalue weighted by Crippen LogP contribution is -2.50. The van der Waals surface area contributed by atoms with Crippen LogP contribution in [0.3, 0.4) is 0 Å². The molecule has 22 heavy (non-hydrogen) atoms. The normalized spacial score (nSPS) is 17.8. The summed E-state index contributed by atoms with van der Waals surface area (Å²) in [5.74, 6) is 0.482. The fourth-order valence-electron chi connectivity index (χ4n) is 2.74. The molecule has 0 saturated carbocycles. The van der Waals surface area contributed by atoms with Gasteiger partial charge in [-0.15, -0.1) is 12.4 Å². The van der Waals surface area contributed by atoms with E-state index in [1.807, 2.05) is 23.1 Å². The third-order valence-corrected chi connectivity index (χ3v) is 4.16. The SMILES string of the molecule is Cl.O=C(NCc1cccc(CN2CCCC2=O)c1)C1CNC1. The average Bonchev–Trinajstić information content (AvgIpc) is 2.81. The van der Waals surface area contributed by atoms with Crippen LogP contribution >= 0.6 is 12.4 Å². The Morgan fingerprint density at radius 1 is 1.32 bits per heavy atom. The van der Waals surface area contributed by atoms with Gasteiger partial charge < -0.3 is 15.5 Å². The molecule has 2 aliphatic rings. The highest BCUT2D eigenvalue weighted by atomic mass is 35.5. The summed E-state index contributed by atoms with van der Waals surface area (Å²) < 4.78 is 0. The van der Waals surface area contributed by atoms with Crippen LogP contribution in [0.4, 0.5) is 0 Å². The summed E-state index contributed by atoms with van der Waals surface area (Å²) >= 11 is 0. The van der Waals surface area contributed by atoms with Crippen LogP contribution in [0.2, 0.25) is 0 Å². The number of hydrogen-bond donors (Lipinski definition) is 2. The Bertz CT molecular complexity index is 546. The monoisotopic (exact) mass is 323 g/mol. The van der Waals surface area contributed by atoms with Crippen LogP contribution < -0.4 is 10.6 Å². The molecule has 2 N–H and O–H groups in total. The summed E-state index contributed by atoms with van der Waals surface area (Å²) in [6.45, 7) is 3.64. The first-order valence-corrected chi connectivity index (χ1v) is 7.56. The van der Waals surface area contributed by atoms with Gasteiger partial charge in [0.05, 0.1) is 5.92 Å². The van der Waals surface area contributed by atoms with Crippen molar-refractivity contribution in [2.24, 2.45) is 5.92 Å². The molecule has 0 bridgehead atoms. The molecule has 0 aliphatic carbocycles. The predicted octanol–water partition coefficient (Wildman–Crippen LogP) is 1.07. The lowest BCUT2D eigenvalue weighted by atomic mass is 10.0. The van der Waals surface area contributed by atoms with Crippen LogP contribution in [-0.2, 0) is 22.7 Å². The number of nitrogens with one attached hydrogen (secondary N) is 2. The largest absolute Gasteiger partial charge is 0.352 e. The molecule has 120 valence electrons. The Morgan fingerprint density at radius 2 is 2.09 bits per heavy atom. The van der Waals surface area contributed by atoms with Gasteiger partial charge in [-0.3, -0.25) is 9.59 Å². The molecule has 0 aromatic heterocycles. The van der Waals surface area contributed by atoms with Crippen molar-refractivity contribution >= 4 is 24.2 Å². The molecule has 0 atom stereocenters. The van der Waals surface area contributed by atoms with Gasteiger partial charge in [0, 0.05) is 39.1 Å². The highest BCUT2D eigenvalue weighted by Crippen LogP contribution is 2.15. The summed E-state index contributed by atoms with van der Waals surface area (Å²) in [4.78, 5) is 25.4. The van der Waals surface area contributed by atoms with Crippen LogP contribution in [-0.4, -0.2) is 36.3 Å². The Kier molecular flexibility index (Phi) is 5.80. The minimum Gasteiger partial charge on any atom is -0.352 e. The van der Waals surface area contributed by atoms with E-state index in [0.717, 1.165) is 37.2 Å². The highest BCUT2D eigenvalue weighted by molar-refractivity contribution is 5.85. The summed E-state index contributed by atoms with van der Waals surface area (Å²) in [6.07, 6.45) is 1.63. The maximum atomic E-state index is 11.8. The van der Waals surface area contributed by atoms with E-state index in [0.29, 0.717) is 19.5 Å². The smallest absolute Gasteiger partial charge is 0.225 e. The molecule has 2 aliphatic heterocycles. The van der Waals surface area contributed by atoms with Crippen molar-refractivity contribution < 1.29 is 9.59 Å². The van der Waals surface area contributed by atoms with Crippen molar-refractivity contribution in [3.8, 4) is 0 Å². The second-order valence-electron chi connectivity index (χ2n) is 5.81. The molecular formula is C16H22ClN3O2. The molecular weight excluding hydrogens is 302 g/mol. The summed E-state index contributed by atoms with van der Waals surface area (Å²) in [7, 11) is 0. The number of nitrogens with zero attached hydrogens (tertiary/aromatic N) is 1. The molecule has 0 radical (unpaired) electrons. The summed E-state index contributed by atoms with van der Waals surface area (Å²) in [6, 6.07) is 8.11. The number of rotatable bonds is 5. The van der Waals surface area contributed by atoms with Crippen LogP contribution in [0, 0.1) is 5.92 Å². The van der Waals surface area contributed by atoms with Crippen molar-refractivity contribution in [3.05, 3.63) is 35.4 Å². The minimum absolute atomic E-state index is 0. The van der Waals surface area contributed by atoms with Gasteiger partial charge >= 0.3 is 0 Å². The van der Waals surface area contributed by atoms with Gasteiger partial charge in [-0.05, 0) is 17.5 Å². The van der Waals surface area contributed by atoms with Crippen molar-refractivity contribution in [1.82, 2.24) is 15.5 Å². The topological polar surface area (TPSA) is 61.4 Å². The molecule has 0 unspecified atom stereocenters. The minimum atomic E-state index is 0. The van der Waals surface area contributed by atoms with E-state index in [1.54, 1.807) is 0 Å². The first-order chi connectivity index (χ1) is 10.2. The molecule has 1 aromatic rings. The Balaban J connectivity index is 0.00000176. The number of carbonyl (C=O) groups is 2. The molecule has 0 spiro atoms. The second kappa shape index (κ2) is 7.61. The number of benzene rings is 1. The van der Waals surface area contributed by atoms with Crippen molar-refractivity contribution in [1.29, 1.82) is 0 Å². The van der Waals surface area contributed by atoms with E-state index in [4.69, 9.17) is 0 Å². The lowest BCUT2D eigenvalue weighted by Gasteiger charge is -2.25. The Morgan fingerprint density at radius 3 is 2.73 bits per heavy atom. The maximum absolute atomic E-state index is 11.8. The third kappa shape index (κ3) is 3.99. The van der Waals surface area contributed by atoms with E-state index in [9.17, 15) is 9.59 Å².